The summed E-state index contributed by atoms with van der Waals surface area (Å²) < 4.78 is 5.25. The van der Waals surface area contributed by atoms with Crippen LogP contribution in [0.5, 0.6) is 5.75 Å². The number of ether oxygens (including phenoxy) is 1. The number of aryl methyl sites for hydroxylation is 1. The minimum atomic E-state index is -0.627. The van der Waals surface area contributed by atoms with E-state index in [-0.39, 0.29) is 24.3 Å². The summed E-state index contributed by atoms with van der Waals surface area (Å²) >= 11 is 0. The fourth-order valence-corrected chi connectivity index (χ4v) is 4.02. The monoisotopic (exact) mass is 472 g/mol. The van der Waals surface area contributed by atoms with Gasteiger partial charge in [-0.25, -0.2) is 0 Å². The number of nitrogens with one attached hydrogen (secondary N) is 1. The number of benzene rings is 3. The third-order valence-corrected chi connectivity index (χ3v) is 6.22. The lowest BCUT2D eigenvalue weighted by Gasteiger charge is -2.32. The van der Waals surface area contributed by atoms with E-state index < -0.39 is 6.04 Å². The van der Waals surface area contributed by atoms with Gasteiger partial charge in [0.25, 0.3) is 0 Å². The molecular weight excluding hydrogens is 436 g/mol. The van der Waals surface area contributed by atoms with Gasteiger partial charge in [0.1, 0.15) is 11.8 Å². The van der Waals surface area contributed by atoms with Gasteiger partial charge in [-0.15, -0.1) is 0 Å². The van der Waals surface area contributed by atoms with Crippen LogP contribution in [0.3, 0.4) is 0 Å². The zero-order chi connectivity index (χ0) is 25.2. The van der Waals surface area contributed by atoms with Crippen molar-refractivity contribution in [2.45, 2.75) is 58.7 Å². The second-order valence-electron chi connectivity index (χ2n) is 9.06. The van der Waals surface area contributed by atoms with Crippen molar-refractivity contribution in [1.82, 2.24) is 10.2 Å². The minimum absolute atomic E-state index is 0.0262. The Labute approximate surface area is 209 Å². The van der Waals surface area contributed by atoms with Crippen molar-refractivity contribution in [2.75, 3.05) is 7.11 Å². The van der Waals surface area contributed by atoms with E-state index in [2.05, 4.69) is 11.4 Å². The van der Waals surface area contributed by atoms with E-state index in [0.29, 0.717) is 13.0 Å². The summed E-state index contributed by atoms with van der Waals surface area (Å²) in [5.74, 6) is 0.531. The highest BCUT2D eigenvalue weighted by Crippen LogP contribution is 2.19. The maximum atomic E-state index is 13.8. The van der Waals surface area contributed by atoms with Crippen LogP contribution < -0.4 is 10.1 Å². The molecule has 0 aliphatic heterocycles. The third-order valence-electron chi connectivity index (χ3n) is 6.22. The van der Waals surface area contributed by atoms with Crippen LogP contribution in [-0.2, 0) is 29.0 Å². The third kappa shape index (κ3) is 7.71. The molecule has 1 N–H and O–H groups in total. The number of methoxy groups -OCH3 is 1. The summed E-state index contributed by atoms with van der Waals surface area (Å²) in [5, 5.41) is 3.11. The molecule has 3 rings (SSSR count). The second kappa shape index (κ2) is 12.7. The number of rotatable bonds is 11. The van der Waals surface area contributed by atoms with E-state index in [4.69, 9.17) is 4.74 Å². The highest BCUT2D eigenvalue weighted by molar-refractivity contribution is 5.89. The van der Waals surface area contributed by atoms with Gasteiger partial charge < -0.3 is 15.0 Å². The van der Waals surface area contributed by atoms with E-state index in [1.165, 1.54) is 0 Å². The fraction of sp³-hybridized carbons (Fsp3) is 0.333. The SMILES string of the molecule is CC[C@@H](C)NC(=O)[C@H](Cc1ccccc1)N(Cc1cccc(C)c1)C(=O)Cc1ccc(OC)cc1. The highest BCUT2D eigenvalue weighted by atomic mass is 16.5. The molecule has 0 heterocycles. The van der Waals surface area contributed by atoms with E-state index in [0.717, 1.165) is 34.4 Å². The fourth-order valence-electron chi connectivity index (χ4n) is 4.02. The average Bonchev–Trinajstić information content (AvgIpc) is 2.87. The lowest BCUT2D eigenvalue weighted by molar-refractivity contribution is -0.141. The van der Waals surface area contributed by atoms with Crippen LogP contribution in [0.4, 0.5) is 0 Å². The molecule has 0 fully saturated rings. The predicted octanol–water partition coefficient (Wildman–Crippen LogP) is 5.10. The summed E-state index contributed by atoms with van der Waals surface area (Å²) in [4.78, 5) is 29.0. The Morgan fingerprint density at radius 1 is 0.914 bits per heavy atom. The molecule has 3 aromatic rings. The van der Waals surface area contributed by atoms with Crippen molar-refractivity contribution in [3.8, 4) is 5.75 Å². The van der Waals surface area contributed by atoms with Crippen LogP contribution in [0.15, 0.2) is 78.9 Å². The number of carbonyl (C=O) groups excluding carboxylic acids is 2. The standard InChI is InChI=1S/C30H36N2O3/c1-5-23(3)31-30(34)28(19-24-11-7-6-8-12-24)32(21-26-13-9-10-22(2)18-26)29(33)20-25-14-16-27(35-4)17-15-25/h6-18,23,28H,5,19-21H2,1-4H3,(H,31,34)/t23-,28+/m1/s1. The molecule has 0 aliphatic carbocycles. The van der Waals surface area contributed by atoms with Gasteiger partial charge in [0.15, 0.2) is 0 Å². The first kappa shape index (κ1) is 26.0. The predicted molar refractivity (Wildman–Crippen MR) is 140 cm³/mol. The number of hydrogen-bond acceptors (Lipinski definition) is 3. The Hall–Kier alpha value is -3.60. The van der Waals surface area contributed by atoms with Gasteiger partial charge in [0, 0.05) is 19.0 Å². The Morgan fingerprint density at radius 3 is 2.23 bits per heavy atom. The topological polar surface area (TPSA) is 58.6 Å². The van der Waals surface area contributed by atoms with Gasteiger partial charge in [-0.2, -0.15) is 0 Å². The molecule has 0 radical (unpaired) electrons. The van der Waals surface area contributed by atoms with E-state index in [1.807, 2.05) is 93.6 Å². The largest absolute Gasteiger partial charge is 0.497 e. The van der Waals surface area contributed by atoms with Gasteiger partial charge in [-0.1, -0.05) is 79.2 Å². The lowest BCUT2D eigenvalue weighted by atomic mass is 10.0. The highest BCUT2D eigenvalue weighted by Gasteiger charge is 2.31. The number of carbonyl (C=O) groups is 2. The van der Waals surface area contributed by atoms with Crippen molar-refractivity contribution in [3.63, 3.8) is 0 Å². The molecule has 5 nitrogen and oxygen atoms in total. The first-order valence-corrected chi connectivity index (χ1v) is 12.2. The Kier molecular flexibility index (Phi) is 9.47. The molecule has 2 amide bonds. The molecule has 0 unspecified atom stereocenters. The summed E-state index contributed by atoms with van der Waals surface area (Å²) in [6.45, 7) is 6.42. The Bertz CT molecular complexity index is 1100. The molecule has 0 aliphatic rings. The Balaban J connectivity index is 1.95. The molecule has 0 saturated heterocycles. The summed E-state index contributed by atoms with van der Waals surface area (Å²) in [5.41, 5.74) is 4.02. The van der Waals surface area contributed by atoms with Crippen LogP contribution in [0.25, 0.3) is 0 Å². The average molecular weight is 473 g/mol. The van der Waals surface area contributed by atoms with Crippen LogP contribution in [0.2, 0.25) is 0 Å². The van der Waals surface area contributed by atoms with E-state index >= 15 is 0 Å². The van der Waals surface area contributed by atoms with E-state index in [9.17, 15) is 9.59 Å². The van der Waals surface area contributed by atoms with Crippen molar-refractivity contribution < 1.29 is 14.3 Å². The lowest BCUT2D eigenvalue weighted by Crippen LogP contribution is -2.52. The normalized spacial score (nSPS) is 12.5. The first-order chi connectivity index (χ1) is 16.9. The molecule has 3 aromatic carbocycles. The smallest absolute Gasteiger partial charge is 0.243 e. The van der Waals surface area contributed by atoms with Crippen molar-refractivity contribution in [2.24, 2.45) is 0 Å². The van der Waals surface area contributed by atoms with Gasteiger partial charge in [0.05, 0.1) is 13.5 Å². The van der Waals surface area contributed by atoms with Crippen LogP contribution in [0.1, 0.15) is 42.5 Å². The zero-order valence-corrected chi connectivity index (χ0v) is 21.2. The molecule has 35 heavy (non-hydrogen) atoms. The number of hydrogen-bond donors (Lipinski definition) is 1. The van der Waals surface area contributed by atoms with Crippen molar-refractivity contribution in [1.29, 1.82) is 0 Å². The maximum absolute atomic E-state index is 13.8. The molecule has 184 valence electrons. The van der Waals surface area contributed by atoms with Crippen molar-refractivity contribution in [3.05, 3.63) is 101 Å². The maximum Gasteiger partial charge on any atom is 0.243 e. The second-order valence-corrected chi connectivity index (χ2v) is 9.06. The van der Waals surface area contributed by atoms with Gasteiger partial charge in [-0.05, 0) is 49.1 Å². The first-order valence-electron chi connectivity index (χ1n) is 12.2. The quantitative estimate of drug-likeness (QED) is 0.422. The molecule has 0 spiro atoms. The molecular formula is C30H36N2O3. The van der Waals surface area contributed by atoms with Gasteiger partial charge in [0.2, 0.25) is 11.8 Å². The molecule has 2 atom stereocenters. The Morgan fingerprint density at radius 2 is 1.60 bits per heavy atom. The van der Waals surface area contributed by atoms with Crippen LogP contribution >= 0.6 is 0 Å². The molecule has 0 bridgehead atoms. The minimum Gasteiger partial charge on any atom is -0.497 e. The van der Waals surface area contributed by atoms with Gasteiger partial charge in [-0.3, -0.25) is 9.59 Å². The van der Waals surface area contributed by atoms with Crippen LogP contribution in [-0.4, -0.2) is 35.9 Å². The van der Waals surface area contributed by atoms with Crippen molar-refractivity contribution >= 4 is 11.8 Å². The molecule has 0 aromatic heterocycles. The van der Waals surface area contributed by atoms with E-state index in [1.54, 1.807) is 12.0 Å². The summed E-state index contributed by atoms with van der Waals surface area (Å²) in [6, 6.07) is 24.9. The number of nitrogens with zero attached hydrogens (tertiary/aromatic N) is 1. The number of amides is 2. The molecule has 5 heteroatoms. The molecule has 0 saturated carbocycles. The summed E-state index contributed by atoms with van der Waals surface area (Å²) in [6.07, 6.45) is 1.47. The van der Waals surface area contributed by atoms with Crippen LogP contribution in [0, 0.1) is 6.92 Å². The zero-order valence-electron chi connectivity index (χ0n) is 21.2. The van der Waals surface area contributed by atoms with Gasteiger partial charge >= 0.3 is 0 Å². The summed E-state index contributed by atoms with van der Waals surface area (Å²) in [7, 11) is 1.62.